The minimum absolute atomic E-state index is 0.119. The molecular formula is C20H17N5O2. The molecule has 2 heterocycles. The Morgan fingerprint density at radius 1 is 1.11 bits per heavy atom. The summed E-state index contributed by atoms with van der Waals surface area (Å²) in [5.41, 5.74) is 8.58. The molecule has 0 unspecified atom stereocenters. The van der Waals surface area contributed by atoms with Crippen LogP contribution in [0.5, 0.6) is 5.75 Å². The number of benzene rings is 2. The molecule has 7 nitrogen and oxygen atoms in total. The van der Waals surface area contributed by atoms with Crippen LogP contribution in [0.15, 0.2) is 65.8 Å². The third-order valence-electron chi connectivity index (χ3n) is 4.28. The highest BCUT2D eigenvalue weighted by Gasteiger charge is 2.08. The lowest BCUT2D eigenvalue weighted by atomic mass is 10.1. The maximum atomic E-state index is 13.0. The molecule has 0 bridgehead atoms. The number of methoxy groups -OCH3 is 1. The molecule has 0 aliphatic rings. The van der Waals surface area contributed by atoms with E-state index < -0.39 is 0 Å². The smallest absolute Gasteiger partial charge is 0.261 e. The van der Waals surface area contributed by atoms with Gasteiger partial charge < -0.3 is 10.5 Å². The molecule has 4 aromatic rings. The average Bonchev–Trinajstić information content (AvgIpc) is 2.70. The molecule has 0 aliphatic heterocycles. The lowest BCUT2D eigenvalue weighted by Gasteiger charge is -2.09. The minimum Gasteiger partial charge on any atom is -0.497 e. The number of hydrogen-bond donors (Lipinski definition) is 1. The molecular weight excluding hydrogens is 342 g/mol. The highest BCUT2D eigenvalue weighted by Crippen LogP contribution is 2.20. The van der Waals surface area contributed by atoms with Gasteiger partial charge in [-0.3, -0.25) is 9.36 Å². The van der Waals surface area contributed by atoms with E-state index in [1.54, 1.807) is 42.4 Å². The summed E-state index contributed by atoms with van der Waals surface area (Å²) in [5.74, 6) is 0.937. The van der Waals surface area contributed by atoms with Gasteiger partial charge in [0, 0.05) is 11.8 Å². The molecule has 4 rings (SSSR count). The molecule has 0 aliphatic carbocycles. The third-order valence-corrected chi connectivity index (χ3v) is 4.28. The van der Waals surface area contributed by atoms with Gasteiger partial charge in [-0.25, -0.2) is 15.0 Å². The molecule has 134 valence electrons. The summed E-state index contributed by atoms with van der Waals surface area (Å²) in [7, 11) is 1.62. The van der Waals surface area contributed by atoms with Crippen molar-refractivity contribution >= 4 is 16.9 Å². The monoisotopic (exact) mass is 359 g/mol. The molecule has 2 aromatic carbocycles. The first-order valence-electron chi connectivity index (χ1n) is 8.35. The van der Waals surface area contributed by atoms with Crippen LogP contribution in [0.3, 0.4) is 0 Å². The molecule has 27 heavy (non-hydrogen) atoms. The van der Waals surface area contributed by atoms with Crippen molar-refractivity contribution in [1.29, 1.82) is 0 Å². The second-order valence-corrected chi connectivity index (χ2v) is 6.06. The van der Waals surface area contributed by atoms with Crippen LogP contribution in [-0.2, 0) is 6.54 Å². The second-order valence-electron chi connectivity index (χ2n) is 6.06. The van der Waals surface area contributed by atoms with Crippen molar-refractivity contribution in [1.82, 2.24) is 19.5 Å². The Morgan fingerprint density at radius 2 is 2.00 bits per heavy atom. The fourth-order valence-electron chi connectivity index (χ4n) is 2.93. The molecule has 0 saturated heterocycles. The molecule has 0 radical (unpaired) electrons. The van der Waals surface area contributed by atoms with Crippen molar-refractivity contribution in [2.45, 2.75) is 6.54 Å². The van der Waals surface area contributed by atoms with E-state index in [-0.39, 0.29) is 11.5 Å². The maximum absolute atomic E-state index is 13.0. The first-order valence-corrected chi connectivity index (χ1v) is 8.35. The van der Waals surface area contributed by atoms with Crippen LogP contribution < -0.4 is 16.0 Å². The van der Waals surface area contributed by atoms with Gasteiger partial charge in [0.05, 0.1) is 36.6 Å². The number of nitrogens with two attached hydrogens (primary N) is 1. The van der Waals surface area contributed by atoms with Gasteiger partial charge in [0.25, 0.3) is 5.56 Å². The topological polar surface area (TPSA) is 95.9 Å². The highest BCUT2D eigenvalue weighted by molar-refractivity contribution is 5.83. The van der Waals surface area contributed by atoms with Gasteiger partial charge in [-0.05, 0) is 35.9 Å². The Labute approximate surface area is 155 Å². The maximum Gasteiger partial charge on any atom is 0.261 e. The molecule has 0 spiro atoms. The van der Waals surface area contributed by atoms with Crippen LogP contribution in [0, 0.1) is 0 Å². The molecule has 0 saturated carbocycles. The summed E-state index contributed by atoms with van der Waals surface area (Å²) in [6.45, 7) is 0.406. The van der Waals surface area contributed by atoms with Gasteiger partial charge in [-0.2, -0.15) is 0 Å². The van der Waals surface area contributed by atoms with Crippen LogP contribution in [0.4, 0.5) is 5.95 Å². The summed E-state index contributed by atoms with van der Waals surface area (Å²) in [4.78, 5) is 25.5. The van der Waals surface area contributed by atoms with Crippen molar-refractivity contribution in [2.75, 3.05) is 12.8 Å². The summed E-state index contributed by atoms with van der Waals surface area (Å²) in [6, 6.07) is 14.8. The second kappa shape index (κ2) is 6.87. The van der Waals surface area contributed by atoms with Crippen molar-refractivity contribution in [3.8, 4) is 17.0 Å². The minimum atomic E-state index is -0.119. The van der Waals surface area contributed by atoms with Gasteiger partial charge in [0.2, 0.25) is 5.95 Å². The molecule has 2 aromatic heterocycles. The molecule has 0 atom stereocenters. The van der Waals surface area contributed by atoms with Gasteiger partial charge in [0.15, 0.2) is 0 Å². The Balaban J connectivity index is 1.77. The number of nitrogens with zero attached hydrogens (tertiary/aromatic N) is 4. The molecule has 7 heteroatoms. The Kier molecular flexibility index (Phi) is 4.25. The predicted molar refractivity (Wildman–Crippen MR) is 104 cm³/mol. The zero-order valence-corrected chi connectivity index (χ0v) is 14.7. The van der Waals surface area contributed by atoms with Gasteiger partial charge in [-0.1, -0.05) is 18.2 Å². The fourth-order valence-corrected chi connectivity index (χ4v) is 2.93. The Morgan fingerprint density at radius 3 is 2.81 bits per heavy atom. The van der Waals surface area contributed by atoms with Gasteiger partial charge in [0.1, 0.15) is 5.75 Å². The third kappa shape index (κ3) is 3.35. The van der Waals surface area contributed by atoms with Crippen molar-refractivity contribution in [3.05, 3.63) is 77.0 Å². The number of fused-ring (bicyclic) bond motifs is 1. The van der Waals surface area contributed by atoms with Gasteiger partial charge >= 0.3 is 0 Å². The van der Waals surface area contributed by atoms with Crippen LogP contribution in [0.1, 0.15) is 5.56 Å². The summed E-state index contributed by atoms with van der Waals surface area (Å²) in [6.07, 6.45) is 3.15. The van der Waals surface area contributed by atoms with E-state index in [1.165, 1.54) is 0 Å². The Hall–Kier alpha value is -3.74. The first kappa shape index (κ1) is 16.7. The number of anilines is 1. The van der Waals surface area contributed by atoms with Crippen molar-refractivity contribution in [2.24, 2.45) is 0 Å². The van der Waals surface area contributed by atoms with Gasteiger partial charge in [-0.15, -0.1) is 0 Å². The van der Waals surface area contributed by atoms with E-state index in [0.29, 0.717) is 23.1 Å². The van der Waals surface area contributed by atoms with Crippen molar-refractivity contribution < 1.29 is 4.74 Å². The standard InChI is InChI=1S/C20H17N5O2/c1-27-15-4-2-3-13(9-15)11-25-12-23-18-6-5-14(10-16(18)19(25)26)17-7-8-22-20(21)24-17/h2-10,12H,11H2,1H3,(H2,21,22,24). The number of hydrogen-bond acceptors (Lipinski definition) is 6. The van der Waals surface area contributed by atoms with E-state index >= 15 is 0 Å². The van der Waals surface area contributed by atoms with E-state index in [2.05, 4.69) is 15.0 Å². The molecule has 0 amide bonds. The van der Waals surface area contributed by atoms with Crippen LogP contribution in [0.25, 0.3) is 22.2 Å². The lowest BCUT2D eigenvalue weighted by molar-refractivity contribution is 0.414. The average molecular weight is 359 g/mol. The van der Waals surface area contributed by atoms with E-state index in [1.807, 2.05) is 30.3 Å². The van der Waals surface area contributed by atoms with Crippen LogP contribution in [0.2, 0.25) is 0 Å². The zero-order valence-electron chi connectivity index (χ0n) is 14.7. The summed E-state index contributed by atoms with van der Waals surface area (Å²) < 4.78 is 6.82. The van der Waals surface area contributed by atoms with Crippen LogP contribution >= 0.6 is 0 Å². The number of ether oxygens (including phenoxy) is 1. The normalized spacial score (nSPS) is 10.9. The van der Waals surface area contributed by atoms with Crippen LogP contribution in [-0.4, -0.2) is 26.6 Å². The van der Waals surface area contributed by atoms with E-state index in [0.717, 1.165) is 16.9 Å². The molecule has 0 fully saturated rings. The van der Waals surface area contributed by atoms with Crippen molar-refractivity contribution in [3.63, 3.8) is 0 Å². The largest absolute Gasteiger partial charge is 0.497 e. The summed E-state index contributed by atoms with van der Waals surface area (Å²) in [5, 5.41) is 0.523. The highest BCUT2D eigenvalue weighted by atomic mass is 16.5. The van der Waals surface area contributed by atoms with E-state index in [4.69, 9.17) is 10.5 Å². The predicted octanol–water partition coefficient (Wildman–Crippen LogP) is 2.49. The van der Waals surface area contributed by atoms with E-state index in [9.17, 15) is 4.79 Å². The number of aromatic nitrogens is 4. The number of nitrogen functional groups attached to an aromatic ring is 1. The lowest BCUT2D eigenvalue weighted by Crippen LogP contribution is -2.21. The Bertz CT molecular complexity index is 1190. The fraction of sp³-hybridized carbons (Fsp3) is 0.100. The molecule has 2 N–H and O–H groups in total. The first-order chi connectivity index (χ1) is 13.1. The zero-order chi connectivity index (χ0) is 18.8. The quantitative estimate of drug-likeness (QED) is 0.601. The number of rotatable bonds is 4. The SMILES string of the molecule is COc1cccc(Cn2cnc3ccc(-c4ccnc(N)n4)cc3c2=O)c1. The summed E-state index contributed by atoms with van der Waals surface area (Å²) >= 11 is 0.